The minimum atomic E-state index is -3.18. The molecule has 0 saturated carbocycles. The Morgan fingerprint density at radius 2 is 2.10 bits per heavy atom. The van der Waals surface area contributed by atoms with Crippen molar-refractivity contribution < 1.29 is 18.3 Å². The Kier molecular flexibility index (Phi) is 5.12. The van der Waals surface area contributed by atoms with E-state index in [2.05, 4.69) is 30.7 Å². The molecule has 30 heavy (non-hydrogen) atoms. The van der Waals surface area contributed by atoms with Crippen LogP contribution in [0.5, 0.6) is 0 Å². The number of hydrogen-bond acceptors (Lipinski definition) is 7. The van der Waals surface area contributed by atoms with Gasteiger partial charge in [0.1, 0.15) is 11.6 Å². The van der Waals surface area contributed by atoms with E-state index in [0.717, 1.165) is 12.6 Å². The van der Waals surface area contributed by atoms with Crippen LogP contribution in [0.1, 0.15) is 25.4 Å². The lowest BCUT2D eigenvalue weighted by Crippen LogP contribution is -2.16. The maximum atomic E-state index is 13.6. The van der Waals surface area contributed by atoms with Crippen LogP contribution in [0.15, 0.2) is 30.6 Å². The zero-order valence-electron chi connectivity index (χ0n) is 16.3. The van der Waals surface area contributed by atoms with Gasteiger partial charge in [0.15, 0.2) is 0 Å². The first kappa shape index (κ1) is 19.8. The minimum absolute atomic E-state index is 0.176. The van der Waals surface area contributed by atoms with E-state index in [9.17, 15) is 13.6 Å². The first-order chi connectivity index (χ1) is 14.3. The summed E-state index contributed by atoms with van der Waals surface area (Å²) in [6.45, 7) is 3.76. The van der Waals surface area contributed by atoms with Crippen molar-refractivity contribution in [3.63, 3.8) is 0 Å². The molecule has 0 unspecified atom stereocenters. The summed E-state index contributed by atoms with van der Waals surface area (Å²) in [4.78, 5) is 23.2. The number of alkyl halides is 2. The summed E-state index contributed by atoms with van der Waals surface area (Å²) in [5, 5.41) is 10.2. The molecule has 0 radical (unpaired) electrons. The number of carbonyl (C=O) groups is 1. The van der Waals surface area contributed by atoms with E-state index in [4.69, 9.17) is 4.74 Å². The summed E-state index contributed by atoms with van der Waals surface area (Å²) in [5.74, 6) is -3.58. The van der Waals surface area contributed by atoms with Crippen LogP contribution < -0.4 is 10.6 Å². The van der Waals surface area contributed by atoms with Gasteiger partial charge in [0, 0.05) is 37.9 Å². The van der Waals surface area contributed by atoms with E-state index in [0.29, 0.717) is 42.5 Å². The number of nitrogens with one attached hydrogen (secondary N) is 2. The van der Waals surface area contributed by atoms with Crippen LogP contribution in [0.4, 0.5) is 26.1 Å². The standard InChI is InChI=1S/C19H19F2N7O2/c1-11(29)24-17-8-14(25-16-3-4-22-18(26-16)19(2,20)21)13(9-23-17)15-7-12-10-30-6-5-28(12)27-15/h3-4,7-9H,5-6,10H2,1-2H3,(H2,22,23,24,25,26,29). The zero-order chi connectivity index (χ0) is 21.3. The number of hydrogen-bond donors (Lipinski definition) is 2. The molecular formula is C19H19F2N7O2. The van der Waals surface area contributed by atoms with Gasteiger partial charge in [-0.15, -0.1) is 0 Å². The van der Waals surface area contributed by atoms with Crippen LogP contribution in [-0.2, 0) is 28.6 Å². The van der Waals surface area contributed by atoms with E-state index >= 15 is 0 Å². The van der Waals surface area contributed by atoms with Crippen molar-refractivity contribution in [3.8, 4) is 11.3 Å². The smallest absolute Gasteiger partial charge is 0.303 e. The fraction of sp³-hybridized carbons (Fsp3) is 0.316. The average Bonchev–Trinajstić information content (AvgIpc) is 3.11. The van der Waals surface area contributed by atoms with Gasteiger partial charge in [0.05, 0.1) is 36.8 Å². The van der Waals surface area contributed by atoms with Gasteiger partial charge >= 0.3 is 5.92 Å². The second-order valence-corrected chi connectivity index (χ2v) is 6.87. The summed E-state index contributed by atoms with van der Waals surface area (Å²) in [6, 6.07) is 4.95. The molecule has 0 spiro atoms. The number of halogens is 2. The molecular weight excluding hydrogens is 396 g/mol. The van der Waals surface area contributed by atoms with Crippen molar-refractivity contribution in [1.82, 2.24) is 24.7 Å². The number of aromatic nitrogens is 5. The third-order valence-electron chi connectivity index (χ3n) is 4.36. The normalized spacial score (nSPS) is 13.6. The first-order valence-corrected chi connectivity index (χ1v) is 9.20. The van der Waals surface area contributed by atoms with Crippen molar-refractivity contribution >= 4 is 23.2 Å². The number of carbonyl (C=O) groups excluding carboxylic acids is 1. The summed E-state index contributed by atoms with van der Waals surface area (Å²) in [5.41, 5.74) is 2.67. The SMILES string of the molecule is CC(=O)Nc1cc(Nc2ccnc(C(C)(F)F)n2)c(-c2cc3n(n2)CCOC3)cn1. The Labute approximate surface area is 170 Å². The van der Waals surface area contributed by atoms with Crippen LogP contribution in [0, 0.1) is 0 Å². The van der Waals surface area contributed by atoms with Crippen molar-refractivity contribution in [1.29, 1.82) is 0 Å². The lowest BCUT2D eigenvalue weighted by Gasteiger charge is -2.14. The number of ether oxygens (including phenoxy) is 1. The van der Waals surface area contributed by atoms with Crippen LogP contribution in [0.25, 0.3) is 11.3 Å². The number of fused-ring (bicyclic) bond motifs is 1. The van der Waals surface area contributed by atoms with Crippen LogP contribution in [0.3, 0.4) is 0 Å². The molecule has 3 aromatic heterocycles. The third-order valence-corrected chi connectivity index (χ3v) is 4.36. The van der Waals surface area contributed by atoms with E-state index in [1.807, 2.05) is 10.7 Å². The van der Waals surface area contributed by atoms with Crippen molar-refractivity contribution in [2.45, 2.75) is 32.9 Å². The third kappa shape index (κ3) is 4.25. The lowest BCUT2D eigenvalue weighted by atomic mass is 10.1. The second kappa shape index (κ2) is 7.75. The van der Waals surface area contributed by atoms with E-state index in [1.165, 1.54) is 19.2 Å². The fourth-order valence-corrected chi connectivity index (χ4v) is 3.01. The largest absolute Gasteiger partial charge is 0.373 e. The number of pyridine rings is 1. The maximum absolute atomic E-state index is 13.6. The monoisotopic (exact) mass is 415 g/mol. The van der Waals surface area contributed by atoms with Gasteiger partial charge in [-0.25, -0.2) is 15.0 Å². The van der Waals surface area contributed by atoms with E-state index in [1.54, 1.807) is 12.3 Å². The molecule has 0 saturated heterocycles. The molecule has 0 aromatic carbocycles. The van der Waals surface area contributed by atoms with Crippen LogP contribution in [-0.4, -0.2) is 37.2 Å². The highest BCUT2D eigenvalue weighted by molar-refractivity contribution is 5.89. The van der Waals surface area contributed by atoms with Gasteiger partial charge in [-0.1, -0.05) is 0 Å². The molecule has 1 amide bonds. The fourth-order valence-electron chi connectivity index (χ4n) is 3.01. The van der Waals surface area contributed by atoms with Crippen molar-refractivity contribution in [2.24, 2.45) is 0 Å². The van der Waals surface area contributed by atoms with Crippen LogP contribution in [0.2, 0.25) is 0 Å². The Bertz CT molecular complexity index is 1070. The van der Waals surface area contributed by atoms with Gasteiger partial charge in [-0.3, -0.25) is 9.48 Å². The first-order valence-electron chi connectivity index (χ1n) is 9.20. The van der Waals surface area contributed by atoms with E-state index in [-0.39, 0.29) is 11.7 Å². The second-order valence-electron chi connectivity index (χ2n) is 6.87. The molecule has 4 rings (SSSR count). The topological polar surface area (TPSA) is 107 Å². The number of anilines is 3. The summed E-state index contributed by atoms with van der Waals surface area (Å²) < 4.78 is 34.5. The van der Waals surface area contributed by atoms with Gasteiger partial charge in [0.25, 0.3) is 0 Å². The molecule has 9 nitrogen and oxygen atoms in total. The maximum Gasteiger partial charge on any atom is 0.303 e. The van der Waals surface area contributed by atoms with Gasteiger partial charge in [-0.2, -0.15) is 13.9 Å². The molecule has 0 aliphatic carbocycles. The molecule has 4 heterocycles. The van der Waals surface area contributed by atoms with E-state index < -0.39 is 11.7 Å². The molecule has 0 bridgehead atoms. The van der Waals surface area contributed by atoms with Gasteiger partial charge in [-0.05, 0) is 12.1 Å². The summed E-state index contributed by atoms with van der Waals surface area (Å²) in [7, 11) is 0. The predicted octanol–water partition coefficient (Wildman–Crippen LogP) is 3.08. The Hall–Kier alpha value is -3.47. The Balaban J connectivity index is 1.74. The number of amides is 1. The van der Waals surface area contributed by atoms with Crippen molar-refractivity contribution in [2.75, 3.05) is 17.2 Å². The van der Waals surface area contributed by atoms with Gasteiger partial charge < -0.3 is 15.4 Å². The summed E-state index contributed by atoms with van der Waals surface area (Å²) in [6.07, 6.45) is 2.81. The molecule has 0 atom stereocenters. The highest BCUT2D eigenvalue weighted by Gasteiger charge is 2.28. The number of nitrogens with zero attached hydrogens (tertiary/aromatic N) is 5. The Morgan fingerprint density at radius 3 is 2.83 bits per heavy atom. The highest BCUT2D eigenvalue weighted by atomic mass is 19.3. The molecule has 2 N–H and O–H groups in total. The lowest BCUT2D eigenvalue weighted by molar-refractivity contribution is -0.114. The zero-order valence-corrected chi connectivity index (χ0v) is 16.3. The highest BCUT2D eigenvalue weighted by Crippen LogP contribution is 2.32. The van der Waals surface area contributed by atoms with Crippen LogP contribution >= 0.6 is 0 Å². The van der Waals surface area contributed by atoms with Crippen molar-refractivity contribution in [3.05, 3.63) is 42.1 Å². The molecule has 1 aliphatic heterocycles. The quantitative estimate of drug-likeness (QED) is 0.659. The molecule has 3 aromatic rings. The average molecular weight is 415 g/mol. The molecule has 0 fully saturated rings. The molecule has 156 valence electrons. The Morgan fingerprint density at radius 1 is 1.27 bits per heavy atom. The molecule has 11 heteroatoms. The summed E-state index contributed by atoms with van der Waals surface area (Å²) >= 11 is 0. The number of rotatable bonds is 5. The molecule has 1 aliphatic rings. The van der Waals surface area contributed by atoms with Gasteiger partial charge in [0.2, 0.25) is 11.7 Å². The minimum Gasteiger partial charge on any atom is -0.373 e. The predicted molar refractivity (Wildman–Crippen MR) is 104 cm³/mol.